The quantitative estimate of drug-likeness (QED) is 0.748. The lowest BCUT2D eigenvalue weighted by molar-refractivity contribution is -0.222. The van der Waals surface area contributed by atoms with E-state index in [1.807, 2.05) is 20.8 Å². The molecule has 2 aliphatic rings. The van der Waals surface area contributed by atoms with Crippen molar-refractivity contribution in [2.75, 3.05) is 19.0 Å². The highest BCUT2D eigenvalue weighted by atomic mass is 35.5. The summed E-state index contributed by atoms with van der Waals surface area (Å²) >= 11 is 0. The molecule has 0 aromatic heterocycles. The van der Waals surface area contributed by atoms with Gasteiger partial charge < -0.3 is 21.1 Å². The van der Waals surface area contributed by atoms with Gasteiger partial charge in [-0.05, 0) is 37.5 Å². The van der Waals surface area contributed by atoms with E-state index in [4.69, 9.17) is 10.5 Å². The number of benzene rings is 1. The van der Waals surface area contributed by atoms with Crippen molar-refractivity contribution < 1.29 is 14.3 Å². The Morgan fingerprint density at radius 2 is 2.00 bits per heavy atom. The van der Waals surface area contributed by atoms with Gasteiger partial charge in [-0.15, -0.1) is 12.4 Å². The first-order chi connectivity index (χ1) is 11.7. The highest BCUT2D eigenvalue weighted by Gasteiger charge is 2.70. The molecule has 2 fully saturated rings. The molecule has 4 N–H and O–H groups in total. The van der Waals surface area contributed by atoms with Gasteiger partial charge in [-0.1, -0.05) is 19.9 Å². The number of nitrogens with one attached hydrogen (secondary N) is 2. The molecule has 144 valence electrons. The van der Waals surface area contributed by atoms with Gasteiger partial charge in [0.05, 0.1) is 6.10 Å². The summed E-state index contributed by atoms with van der Waals surface area (Å²) in [5.41, 5.74) is 7.10. The summed E-state index contributed by atoms with van der Waals surface area (Å²) in [6, 6.07) is 5.29. The summed E-state index contributed by atoms with van der Waals surface area (Å²) in [6.07, 6.45) is 1.85. The van der Waals surface area contributed by atoms with Crippen LogP contribution in [0, 0.1) is 18.3 Å². The third-order valence-corrected chi connectivity index (χ3v) is 6.11. The van der Waals surface area contributed by atoms with Gasteiger partial charge in [0.25, 0.3) is 5.91 Å². The molecule has 1 aliphatic carbocycles. The smallest absolute Gasteiger partial charge is 0.251 e. The molecule has 0 radical (unpaired) electrons. The lowest BCUT2D eigenvalue weighted by Crippen LogP contribution is -2.81. The van der Waals surface area contributed by atoms with Gasteiger partial charge >= 0.3 is 0 Å². The van der Waals surface area contributed by atoms with Crippen LogP contribution in [-0.4, -0.2) is 37.1 Å². The number of carbonyl (C=O) groups is 2. The second kappa shape index (κ2) is 7.18. The van der Waals surface area contributed by atoms with Crippen LogP contribution in [0.4, 0.5) is 5.69 Å². The SMILES string of the molecule is CNC(=O)c1cccc(NC(=O)C2(N)C3CCCOC3C2(C)C)c1C.Cl. The van der Waals surface area contributed by atoms with Crippen LogP contribution in [0.3, 0.4) is 0 Å². The average molecular weight is 382 g/mol. The molecule has 1 saturated heterocycles. The minimum Gasteiger partial charge on any atom is -0.377 e. The third-order valence-electron chi connectivity index (χ3n) is 6.11. The second-order valence-electron chi connectivity index (χ2n) is 7.64. The lowest BCUT2D eigenvalue weighted by Gasteiger charge is -2.65. The van der Waals surface area contributed by atoms with Crippen LogP contribution >= 0.6 is 12.4 Å². The highest BCUT2D eigenvalue weighted by Crippen LogP contribution is 2.57. The van der Waals surface area contributed by atoms with Crippen molar-refractivity contribution in [2.24, 2.45) is 17.1 Å². The lowest BCUT2D eigenvalue weighted by atomic mass is 9.46. The zero-order valence-corrected chi connectivity index (χ0v) is 16.5. The fraction of sp³-hybridized carbons (Fsp3) is 0.579. The van der Waals surface area contributed by atoms with Crippen molar-refractivity contribution in [3.8, 4) is 0 Å². The molecule has 0 spiro atoms. The number of ether oxygens (including phenoxy) is 1. The first-order valence-electron chi connectivity index (χ1n) is 8.78. The highest BCUT2D eigenvalue weighted by molar-refractivity contribution is 6.03. The van der Waals surface area contributed by atoms with Crippen LogP contribution in [0.1, 0.15) is 42.6 Å². The van der Waals surface area contributed by atoms with Gasteiger partial charge in [0.15, 0.2) is 0 Å². The number of amides is 2. The van der Waals surface area contributed by atoms with Crippen molar-refractivity contribution in [1.82, 2.24) is 5.32 Å². The Hall–Kier alpha value is -1.63. The van der Waals surface area contributed by atoms with E-state index in [2.05, 4.69) is 10.6 Å². The summed E-state index contributed by atoms with van der Waals surface area (Å²) in [5.74, 6) is -0.360. The first kappa shape index (κ1) is 20.7. The number of halogens is 1. The molecule has 1 heterocycles. The number of rotatable bonds is 3. The van der Waals surface area contributed by atoms with E-state index in [9.17, 15) is 9.59 Å². The fourth-order valence-electron chi connectivity index (χ4n) is 4.41. The minimum absolute atomic E-state index is 0. The summed E-state index contributed by atoms with van der Waals surface area (Å²) < 4.78 is 5.86. The summed E-state index contributed by atoms with van der Waals surface area (Å²) in [7, 11) is 1.59. The van der Waals surface area contributed by atoms with Gasteiger partial charge in [-0.3, -0.25) is 9.59 Å². The molecular weight excluding hydrogens is 354 g/mol. The van der Waals surface area contributed by atoms with Gasteiger partial charge in [0.2, 0.25) is 5.91 Å². The van der Waals surface area contributed by atoms with Crippen molar-refractivity contribution in [3.05, 3.63) is 29.3 Å². The largest absolute Gasteiger partial charge is 0.377 e. The zero-order chi connectivity index (χ0) is 18.4. The van der Waals surface area contributed by atoms with Crippen LogP contribution in [0.5, 0.6) is 0 Å². The third kappa shape index (κ3) is 2.80. The van der Waals surface area contributed by atoms with E-state index in [-0.39, 0.29) is 36.2 Å². The number of hydrogen-bond donors (Lipinski definition) is 3. The molecule has 26 heavy (non-hydrogen) atoms. The molecule has 1 aliphatic heterocycles. The van der Waals surface area contributed by atoms with E-state index in [1.165, 1.54) is 0 Å². The predicted octanol–water partition coefficient (Wildman–Crippen LogP) is 2.25. The summed E-state index contributed by atoms with van der Waals surface area (Å²) in [6.45, 7) is 6.54. The maximum absolute atomic E-state index is 13.1. The van der Waals surface area contributed by atoms with Gasteiger partial charge in [0, 0.05) is 36.2 Å². The van der Waals surface area contributed by atoms with E-state index < -0.39 is 11.0 Å². The zero-order valence-electron chi connectivity index (χ0n) is 15.7. The number of nitrogens with two attached hydrogens (primary N) is 1. The topological polar surface area (TPSA) is 93.5 Å². The van der Waals surface area contributed by atoms with Crippen LogP contribution in [0.25, 0.3) is 0 Å². The standard InChI is InChI=1S/C19H27N3O3.ClH/c1-11-12(16(23)21-4)7-5-9-14(11)22-17(24)19(20)13-8-6-10-25-15(13)18(19,2)3;/h5,7,9,13,15H,6,8,10,20H2,1-4H3,(H,21,23)(H,22,24);1H. The Labute approximate surface area is 160 Å². The molecule has 7 heteroatoms. The molecule has 6 nitrogen and oxygen atoms in total. The van der Waals surface area contributed by atoms with Gasteiger partial charge in [-0.2, -0.15) is 0 Å². The Morgan fingerprint density at radius 1 is 1.31 bits per heavy atom. The molecule has 2 amide bonds. The van der Waals surface area contributed by atoms with Crippen LogP contribution in [0.2, 0.25) is 0 Å². The number of hydrogen-bond acceptors (Lipinski definition) is 4. The Kier molecular flexibility index (Phi) is 5.71. The molecule has 1 aromatic rings. The second-order valence-corrected chi connectivity index (χ2v) is 7.64. The average Bonchev–Trinajstić information content (AvgIpc) is 2.61. The minimum atomic E-state index is -0.979. The van der Waals surface area contributed by atoms with E-state index >= 15 is 0 Å². The molecule has 1 saturated carbocycles. The van der Waals surface area contributed by atoms with Crippen LogP contribution in [-0.2, 0) is 9.53 Å². The van der Waals surface area contributed by atoms with Crippen molar-refractivity contribution in [2.45, 2.75) is 45.3 Å². The molecule has 3 unspecified atom stereocenters. The number of fused-ring (bicyclic) bond motifs is 1. The molecule has 0 bridgehead atoms. The Bertz CT molecular complexity index is 722. The fourth-order valence-corrected chi connectivity index (χ4v) is 4.41. The van der Waals surface area contributed by atoms with Crippen LogP contribution < -0.4 is 16.4 Å². The van der Waals surface area contributed by atoms with Gasteiger partial charge in [-0.25, -0.2) is 0 Å². The maximum atomic E-state index is 13.1. The van der Waals surface area contributed by atoms with E-state index in [1.54, 1.807) is 25.2 Å². The molecular formula is C19H28ClN3O3. The normalized spacial score (nSPS) is 28.8. The van der Waals surface area contributed by atoms with E-state index in [0.717, 1.165) is 25.0 Å². The Balaban J connectivity index is 0.00000243. The van der Waals surface area contributed by atoms with Crippen LogP contribution in [0.15, 0.2) is 18.2 Å². The van der Waals surface area contributed by atoms with E-state index in [0.29, 0.717) is 11.3 Å². The number of carbonyl (C=O) groups excluding carboxylic acids is 2. The monoisotopic (exact) mass is 381 g/mol. The molecule has 3 atom stereocenters. The number of anilines is 1. The van der Waals surface area contributed by atoms with Crippen molar-refractivity contribution in [3.63, 3.8) is 0 Å². The molecule has 1 aromatic carbocycles. The molecule has 3 rings (SSSR count). The first-order valence-corrected chi connectivity index (χ1v) is 8.78. The predicted molar refractivity (Wildman–Crippen MR) is 104 cm³/mol. The van der Waals surface area contributed by atoms with Crippen molar-refractivity contribution in [1.29, 1.82) is 0 Å². The summed E-state index contributed by atoms with van der Waals surface area (Å²) in [5, 5.41) is 5.57. The Morgan fingerprint density at radius 3 is 2.65 bits per heavy atom. The summed E-state index contributed by atoms with van der Waals surface area (Å²) in [4.78, 5) is 25.1. The maximum Gasteiger partial charge on any atom is 0.251 e. The van der Waals surface area contributed by atoms with Crippen molar-refractivity contribution >= 4 is 29.9 Å². The van der Waals surface area contributed by atoms with Gasteiger partial charge in [0.1, 0.15) is 5.54 Å².